The third-order valence-corrected chi connectivity index (χ3v) is 1.68. The van der Waals surface area contributed by atoms with Crippen LogP contribution in [0.4, 0.5) is 5.69 Å². The molecule has 1 aliphatic heterocycles. The zero-order valence-corrected chi connectivity index (χ0v) is 6.57. The summed E-state index contributed by atoms with van der Waals surface area (Å²) in [6, 6.07) is 8.00. The zero-order chi connectivity index (χ0) is 8.23. The quantitative estimate of drug-likeness (QED) is 0.509. The van der Waals surface area contributed by atoms with Crippen molar-refractivity contribution < 1.29 is 0 Å². The van der Waals surface area contributed by atoms with Crippen molar-refractivity contribution >= 4 is 18.0 Å². The molecule has 1 heteroatoms. The predicted molar refractivity (Wildman–Crippen MR) is 51.7 cm³/mol. The third kappa shape index (κ3) is 1.35. The summed E-state index contributed by atoms with van der Waals surface area (Å²) in [4.78, 5) is 4.16. The van der Waals surface area contributed by atoms with Gasteiger partial charge in [0, 0.05) is 0 Å². The van der Waals surface area contributed by atoms with E-state index in [9.17, 15) is 0 Å². The van der Waals surface area contributed by atoms with Gasteiger partial charge in [-0.3, -0.25) is 0 Å². The van der Waals surface area contributed by atoms with Crippen molar-refractivity contribution in [2.75, 3.05) is 0 Å². The summed E-state index contributed by atoms with van der Waals surface area (Å²) in [5.74, 6) is 0. The molecule has 0 aliphatic carbocycles. The van der Waals surface area contributed by atoms with Crippen LogP contribution in [0.2, 0.25) is 0 Å². The van der Waals surface area contributed by atoms with Crippen LogP contribution in [0.5, 0.6) is 0 Å². The fourth-order valence-corrected chi connectivity index (χ4v) is 1.09. The Bertz CT molecular complexity index is 324. The van der Waals surface area contributed by atoms with Crippen molar-refractivity contribution in [1.82, 2.24) is 0 Å². The summed E-state index contributed by atoms with van der Waals surface area (Å²) in [7, 11) is 0. The molecule has 0 radical (unpaired) electrons. The van der Waals surface area contributed by atoms with Gasteiger partial charge in [0.1, 0.15) is 0 Å². The molecule has 58 valence electrons. The first-order chi connectivity index (χ1) is 5.97. The summed E-state index contributed by atoms with van der Waals surface area (Å²) in [6.45, 7) is 0. The van der Waals surface area contributed by atoms with Crippen LogP contribution >= 0.6 is 0 Å². The highest BCUT2D eigenvalue weighted by Gasteiger charge is 1.87. The van der Waals surface area contributed by atoms with Gasteiger partial charge in [0.2, 0.25) is 0 Å². The summed E-state index contributed by atoms with van der Waals surface area (Å²) >= 11 is 0. The average Bonchev–Trinajstić information content (AvgIpc) is 2.06. The minimum atomic E-state index is 0.970. The molecule has 1 aliphatic rings. The van der Waals surface area contributed by atoms with E-state index in [1.807, 2.05) is 42.5 Å². The second-order valence-corrected chi connectivity index (χ2v) is 2.52. The van der Waals surface area contributed by atoms with Crippen LogP contribution in [0.25, 0.3) is 6.08 Å². The molecular formula is C11H8N-. The van der Waals surface area contributed by atoms with Crippen LogP contribution in [0, 0.1) is 0 Å². The Morgan fingerprint density at radius 1 is 1.08 bits per heavy atom. The fourth-order valence-electron chi connectivity index (χ4n) is 1.09. The van der Waals surface area contributed by atoms with Crippen molar-refractivity contribution in [1.29, 1.82) is 0 Å². The lowest BCUT2D eigenvalue weighted by Gasteiger charge is -2.06. The Balaban J connectivity index is 2.54. The smallest absolute Gasteiger partial charge is 0.0315 e. The van der Waals surface area contributed by atoms with E-state index in [1.165, 1.54) is 0 Å². The number of nitrogens with zero attached hydrogens (tertiary/aromatic N) is 1. The van der Waals surface area contributed by atoms with Gasteiger partial charge < -0.3 is 4.99 Å². The first kappa shape index (κ1) is 7.04. The number of aliphatic imine (C=N–C) groups is 1. The minimum absolute atomic E-state index is 0.970. The summed E-state index contributed by atoms with van der Waals surface area (Å²) < 4.78 is 0. The van der Waals surface area contributed by atoms with Gasteiger partial charge in [0.15, 0.2) is 0 Å². The molecule has 0 spiro atoms. The van der Waals surface area contributed by atoms with Gasteiger partial charge in [-0.25, -0.2) is 0 Å². The Kier molecular flexibility index (Phi) is 1.87. The standard InChI is InChI=1S/C11H8N/c1-2-6-10-7-3-4-8-11(10)12-9-5-1/h1-8H/q-1/b2-1?,5-1-,6-2-,10-6?,12-11?. The molecule has 1 aromatic rings. The Labute approximate surface area is 71.8 Å². The molecule has 0 N–H and O–H groups in total. The van der Waals surface area contributed by atoms with E-state index in [2.05, 4.69) is 11.2 Å². The summed E-state index contributed by atoms with van der Waals surface area (Å²) in [5, 5.41) is 0. The zero-order valence-electron chi connectivity index (χ0n) is 6.57. The molecule has 2 rings (SSSR count). The van der Waals surface area contributed by atoms with Crippen molar-refractivity contribution in [3.05, 3.63) is 48.1 Å². The van der Waals surface area contributed by atoms with Crippen molar-refractivity contribution in [3.8, 4) is 0 Å². The van der Waals surface area contributed by atoms with Crippen molar-refractivity contribution in [3.63, 3.8) is 0 Å². The van der Waals surface area contributed by atoms with Gasteiger partial charge >= 0.3 is 0 Å². The Hall–Kier alpha value is -1.63. The predicted octanol–water partition coefficient (Wildman–Crippen LogP) is 2.85. The molecular weight excluding hydrogens is 146 g/mol. The summed E-state index contributed by atoms with van der Waals surface area (Å²) in [6.07, 6.45) is 10.6. The highest BCUT2D eigenvalue weighted by atomic mass is 14.7. The lowest BCUT2D eigenvalue weighted by molar-refractivity contribution is 1.51. The maximum atomic E-state index is 4.16. The number of fused-ring (bicyclic) bond motifs is 1. The second kappa shape index (κ2) is 3.18. The number of rotatable bonds is 0. The molecule has 0 unspecified atom stereocenters. The first-order valence-corrected chi connectivity index (χ1v) is 3.85. The van der Waals surface area contributed by atoms with E-state index in [0.29, 0.717) is 0 Å². The topological polar surface area (TPSA) is 12.4 Å². The van der Waals surface area contributed by atoms with E-state index in [-0.39, 0.29) is 0 Å². The number of para-hydroxylation sites is 1. The average molecular weight is 154 g/mol. The highest BCUT2D eigenvalue weighted by Crippen LogP contribution is 2.20. The molecule has 0 atom stereocenters. The normalized spacial score (nSPS) is 19.0. The molecule has 0 saturated carbocycles. The minimum Gasteiger partial charge on any atom is -0.385 e. The Morgan fingerprint density at radius 3 is 3.00 bits per heavy atom. The fraction of sp³-hybridized carbons (Fsp3) is 0. The molecule has 0 bridgehead atoms. The number of hydrogen-bond donors (Lipinski definition) is 0. The van der Waals surface area contributed by atoms with Crippen LogP contribution in [0.3, 0.4) is 0 Å². The molecule has 12 heavy (non-hydrogen) atoms. The van der Waals surface area contributed by atoms with Crippen LogP contribution in [0.15, 0.2) is 47.5 Å². The number of allylic oxidation sites excluding steroid dienone is 3. The summed E-state index contributed by atoms with van der Waals surface area (Å²) in [5.41, 5.74) is 2.10. The van der Waals surface area contributed by atoms with E-state index in [4.69, 9.17) is 0 Å². The third-order valence-electron chi connectivity index (χ3n) is 1.68. The monoisotopic (exact) mass is 154 g/mol. The van der Waals surface area contributed by atoms with Gasteiger partial charge in [-0.2, -0.15) is 12.2 Å². The van der Waals surface area contributed by atoms with Crippen molar-refractivity contribution in [2.45, 2.75) is 0 Å². The largest absolute Gasteiger partial charge is 0.385 e. The van der Waals surface area contributed by atoms with Gasteiger partial charge in [0.25, 0.3) is 0 Å². The van der Waals surface area contributed by atoms with Gasteiger partial charge in [-0.1, -0.05) is 42.1 Å². The maximum absolute atomic E-state index is 4.16. The van der Waals surface area contributed by atoms with Crippen LogP contribution < -0.4 is 0 Å². The van der Waals surface area contributed by atoms with Gasteiger partial charge in [0.05, 0.1) is 0 Å². The molecule has 1 aromatic carbocycles. The SMILES string of the molecule is [C-]1=Nc2ccccc2/C=C\C=C/1. The van der Waals surface area contributed by atoms with Gasteiger partial charge in [-0.15, -0.1) is 6.08 Å². The Morgan fingerprint density at radius 2 is 2.00 bits per heavy atom. The molecule has 1 nitrogen and oxygen atoms in total. The van der Waals surface area contributed by atoms with E-state index < -0.39 is 0 Å². The molecule has 0 aromatic heterocycles. The van der Waals surface area contributed by atoms with Crippen LogP contribution in [0.1, 0.15) is 5.56 Å². The second-order valence-electron chi connectivity index (χ2n) is 2.52. The van der Waals surface area contributed by atoms with E-state index in [0.717, 1.165) is 11.3 Å². The maximum Gasteiger partial charge on any atom is -0.0315 e. The lowest BCUT2D eigenvalue weighted by atomic mass is 10.1. The molecule has 0 amide bonds. The number of benzene rings is 1. The molecule has 1 heterocycles. The number of hydrogen-bond acceptors (Lipinski definition) is 1. The van der Waals surface area contributed by atoms with Gasteiger partial charge in [-0.05, 0) is 5.69 Å². The van der Waals surface area contributed by atoms with Crippen molar-refractivity contribution in [2.24, 2.45) is 4.99 Å². The van der Waals surface area contributed by atoms with E-state index >= 15 is 0 Å². The molecule has 0 saturated heterocycles. The van der Waals surface area contributed by atoms with Crippen LogP contribution in [-0.4, -0.2) is 6.21 Å². The first-order valence-electron chi connectivity index (χ1n) is 3.85. The van der Waals surface area contributed by atoms with E-state index in [1.54, 1.807) is 6.08 Å². The lowest BCUT2D eigenvalue weighted by Crippen LogP contribution is -1.76. The van der Waals surface area contributed by atoms with Crippen LogP contribution in [-0.2, 0) is 0 Å². The highest BCUT2D eigenvalue weighted by molar-refractivity contribution is 5.79. The molecule has 0 fully saturated rings.